The Labute approximate surface area is 112 Å². The Hall–Kier alpha value is -2.21. The second kappa shape index (κ2) is 6.10. The third kappa shape index (κ3) is 3.38. The van der Waals surface area contributed by atoms with Gasteiger partial charge in [-0.25, -0.2) is 15.0 Å². The number of nitrogens with one attached hydrogen (secondary N) is 1. The van der Waals surface area contributed by atoms with Gasteiger partial charge in [-0.2, -0.15) is 0 Å². The Morgan fingerprint density at radius 3 is 2.79 bits per heavy atom. The van der Waals surface area contributed by atoms with Crippen LogP contribution in [-0.2, 0) is 13.2 Å². The zero-order valence-corrected chi connectivity index (χ0v) is 11.0. The van der Waals surface area contributed by atoms with Gasteiger partial charge < -0.3 is 15.3 Å². The summed E-state index contributed by atoms with van der Waals surface area (Å²) in [6.45, 7) is 0.489. The van der Waals surface area contributed by atoms with E-state index in [4.69, 9.17) is 5.11 Å². The number of anilines is 2. The molecule has 6 nitrogen and oxygen atoms in total. The fraction of sp³-hybridized carbons (Fsp3) is 0.308. The minimum absolute atomic E-state index is 0.0902. The number of hydrogen-bond donors (Lipinski definition) is 2. The van der Waals surface area contributed by atoms with Gasteiger partial charge in [0.1, 0.15) is 5.82 Å². The molecular weight excluding hydrogens is 242 g/mol. The molecule has 2 heterocycles. The third-order valence-electron chi connectivity index (χ3n) is 2.60. The summed E-state index contributed by atoms with van der Waals surface area (Å²) in [6.07, 6.45) is 3.39. The molecule has 2 aromatic rings. The molecule has 0 spiro atoms. The van der Waals surface area contributed by atoms with Crippen molar-refractivity contribution in [1.82, 2.24) is 15.0 Å². The van der Waals surface area contributed by atoms with Crippen LogP contribution in [0.15, 0.2) is 30.6 Å². The highest BCUT2D eigenvalue weighted by atomic mass is 16.3. The van der Waals surface area contributed by atoms with Crippen LogP contribution in [0.25, 0.3) is 0 Å². The zero-order valence-electron chi connectivity index (χ0n) is 11.0. The van der Waals surface area contributed by atoms with Crippen LogP contribution in [0.3, 0.4) is 0 Å². The second-order valence-corrected chi connectivity index (χ2v) is 4.26. The average molecular weight is 259 g/mol. The molecule has 0 radical (unpaired) electrons. The Morgan fingerprint density at radius 2 is 2.05 bits per heavy atom. The molecule has 2 rings (SSSR count). The molecule has 0 amide bonds. The fourth-order valence-electron chi connectivity index (χ4n) is 1.71. The summed E-state index contributed by atoms with van der Waals surface area (Å²) in [4.78, 5) is 14.6. The van der Waals surface area contributed by atoms with E-state index in [0.29, 0.717) is 18.2 Å². The molecule has 100 valence electrons. The van der Waals surface area contributed by atoms with E-state index < -0.39 is 0 Å². The first-order valence-corrected chi connectivity index (χ1v) is 5.98. The van der Waals surface area contributed by atoms with Crippen molar-refractivity contribution in [3.8, 4) is 0 Å². The molecule has 0 fully saturated rings. The van der Waals surface area contributed by atoms with E-state index in [1.165, 1.54) is 0 Å². The van der Waals surface area contributed by atoms with Gasteiger partial charge in [-0.05, 0) is 12.1 Å². The van der Waals surface area contributed by atoms with Crippen LogP contribution >= 0.6 is 0 Å². The predicted octanol–water partition coefficient (Wildman–Crippen LogP) is 1.04. The SMILES string of the molecule is CN(C)c1ncccc1CNc1nccc(CO)n1. The van der Waals surface area contributed by atoms with Crippen molar-refractivity contribution in [2.75, 3.05) is 24.3 Å². The van der Waals surface area contributed by atoms with E-state index in [0.717, 1.165) is 11.4 Å². The molecule has 0 unspecified atom stereocenters. The van der Waals surface area contributed by atoms with Gasteiger partial charge in [0.2, 0.25) is 5.95 Å². The van der Waals surface area contributed by atoms with Crippen LogP contribution in [0.1, 0.15) is 11.3 Å². The summed E-state index contributed by atoms with van der Waals surface area (Å²) in [6, 6.07) is 5.58. The van der Waals surface area contributed by atoms with Crippen LogP contribution in [-0.4, -0.2) is 34.2 Å². The van der Waals surface area contributed by atoms with Gasteiger partial charge in [0.05, 0.1) is 12.3 Å². The summed E-state index contributed by atoms with van der Waals surface area (Å²) < 4.78 is 0. The van der Waals surface area contributed by atoms with E-state index in [1.54, 1.807) is 18.5 Å². The Kier molecular flexibility index (Phi) is 4.25. The molecule has 0 aliphatic rings. The summed E-state index contributed by atoms with van der Waals surface area (Å²) in [5, 5.41) is 12.2. The molecule has 0 atom stereocenters. The molecule has 0 aliphatic carbocycles. The lowest BCUT2D eigenvalue weighted by Gasteiger charge is -2.16. The minimum Gasteiger partial charge on any atom is -0.390 e. The molecule has 2 N–H and O–H groups in total. The maximum Gasteiger partial charge on any atom is 0.223 e. The molecular formula is C13H17N5O. The Bertz CT molecular complexity index is 544. The standard InChI is InChI=1S/C13H17N5O/c1-18(2)12-10(4-3-6-14-12)8-16-13-15-7-5-11(9-19)17-13/h3-7,19H,8-9H2,1-2H3,(H,15,16,17). The van der Waals surface area contributed by atoms with E-state index in [1.807, 2.05) is 31.1 Å². The van der Waals surface area contributed by atoms with Crippen LogP contribution in [0.2, 0.25) is 0 Å². The van der Waals surface area contributed by atoms with Crippen LogP contribution in [0.5, 0.6) is 0 Å². The van der Waals surface area contributed by atoms with Gasteiger partial charge in [0, 0.05) is 38.6 Å². The van der Waals surface area contributed by atoms with Crippen LogP contribution < -0.4 is 10.2 Å². The van der Waals surface area contributed by atoms with Crippen molar-refractivity contribution in [2.45, 2.75) is 13.2 Å². The largest absolute Gasteiger partial charge is 0.390 e. The highest BCUT2D eigenvalue weighted by molar-refractivity contribution is 5.46. The number of nitrogens with zero attached hydrogens (tertiary/aromatic N) is 4. The van der Waals surface area contributed by atoms with Crippen molar-refractivity contribution < 1.29 is 5.11 Å². The summed E-state index contributed by atoms with van der Waals surface area (Å²) in [5.74, 6) is 1.41. The summed E-state index contributed by atoms with van der Waals surface area (Å²) in [5.41, 5.74) is 1.65. The van der Waals surface area contributed by atoms with Crippen molar-refractivity contribution >= 4 is 11.8 Å². The molecule has 0 aliphatic heterocycles. The van der Waals surface area contributed by atoms with Gasteiger partial charge in [-0.3, -0.25) is 0 Å². The highest BCUT2D eigenvalue weighted by Crippen LogP contribution is 2.15. The molecule has 6 heteroatoms. The Balaban J connectivity index is 2.10. The minimum atomic E-state index is -0.0902. The summed E-state index contributed by atoms with van der Waals surface area (Å²) >= 11 is 0. The summed E-state index contributed by atoms with van der Waals surface area (Å²) in [7, 11) is 3.91. The fourth-order valence-corrected chi connectivity index (χ4v) is 1.71. The first kappa shape index (κ1) is 13.2. The first-order valence-electron chi connectivity index (χ1n) is 5.98. The van der Waals surface area contributed by atoms with Crippen molar-refractivity contribution in [3.05, 3.63) is 41.9 Å². The third-order valence-corrected chi connectivity index (χ3v) is 2.60. The van der Waals surface area contributed by atoms with Crippen molar-refractivity contribution in [3.63, 3.8) is 0 Å². The Morgan fingerprint density at radius 1 is 1.21 bits per heavy atom. The number of aromatic nitrogens is 3. The van der Waals surface area contributed by atoms with Gasteiger partial charge in [-0.15, -0.1) is 0 Å². The molecule has 2 aromatic heterocycles. The number of pyridine rings is 1. The topological polar surface area (TPSA) is 74.2 Å². The highest BCUT2D eigenvalue weighted by Gasteiger charge is 2.06. The average Bonchev–Trinajstić information content (AvgIpc) is 2.45. The number of rotatable bonds is 5. The van der Waals surface area contributed by atoms with Crippen LogP contribution in [0, 0.1) is 0 Å². The molecule has 0 bridgehead atoms. The normalized spacial score (nSPS) is 10.3. The predicted molar refractivity (Wildman–Crippen MR) is 73.8 cm³/mol. The monoisotopic (exact) mass is 259 g/mol. The molecule has 0 saturated heterocycles. The maximum absolute atomic E-state index is 9.03. The lowest BCUT2D eigenvalue weighted by Crippen LogP contribution is -2.15. The molecule has 19 heavy (non-hydrogen) atoms. The van der Waals surface area contributed by atoms with Gasteiger partial charge in [-0.1, -0.05) is 6.07 Å². The van der Waals surface area contributed by atoms with Crippen LogP contribution in [0.4, 0.5) is 11.8 Å². The lowest BCUT2D eigenvalue weighted by atomic mass is 10.2. The first-order chi connectivity index (χ1) is 9.20. The van der Waals surface area contributed by atoms with E-state index in [9.17, 15) is 0 Å². The van der Waals surface area contributed by atoms with Crippen molar-refractivity contribution in [1.29, 1.82) is 0 Å². The quantitative estimate of drug-likeness (QED) is 0.836. The van der Waals surface area contributed by atoms with E-state index in [2.05, 4.69) is 20.3 Å². The smallest absolute Gasteiger partial charge is 0.223 e. The number of aliphatic hydroxyl groups excluding tert-OH is 1. The lowest BCUT2D eigenvalue weighted by molar-refractivity contribution is 0.277. The second-order valence-electron chi connectivity index (χ2n) is 4.26. The van der Waals surface area contributed by atoms with E-state index in [-0.39, 0.29) is 6.61 Å². The van der Waals surface area contributed by atoms with E-state index >= 15 is 0 Å². The number of aliphatic hydroxyl groups is 1. The number of hydrogen-bond acceptors (Lipinski definition) is 6. The zero-order chi connectivity index (χ0) is 13.7. The molecule has 0 saturated carbocycles. The van der Waals surface area contributed by atoms with Gasteiger partial charge in [0.15, 0.2) is 0 Å². The van der Waals surface area contributed by atoms with Crippen molar-refractivity contribution in [2.24, 2.45) is 0 Å². The van der Waals surface area contributed by atoms with Gasteiger partial charge >= 0.3 is 0 Å². The molecule has 0 aromatic carbocycles. The maximum atomic E-state index is 9.03. The van der Waals surface area contributed by atoms with Gasteiger partial charge in [0.25, 0.3) is 0 Å².